The summed E-state index contributed by atoms with van der Waals surface area (Å²) < 4.78 is 27.8. The zero-order valence-corrected chi connectivity index (χ0v) is 19.2. The second-order valence-corrected chi connectivity index (χ2v) is 10.2. The number of hydrogen-bond donors (Lipinski definition) is 1. The van der Waals surface area contributed by atoms with E-state index in [1.165, 1.54) is 22.0 Å². The number of anilines is 1. The van der Waals surface area contributed by atoms with Crippen LogP contribution in [0.5, 0.6) is 0 Å². The number of carbonyl (C=O) groups is 1. The Hall–Kier alpha value is -2.77. The molecule has 0 saturated heterocycles. The fraction of sp³-hybridized carbons (Fsp3) is 0.208. The number of aryl methyl sites for hydroxylation is 2. The van der Waals surface area contributed by atoms with Gasteiger partial charge >= 0.3 is 0 Å². The van der Waals surface area contributed by atoms with Crippen LogP contribution in [0, 0.1) is 13.8 Å². The van der Waals surface area contributed by atoms with E-state index in [-0.39, 0.29) is 17.3 Å². The number of nitrogens with zero attached hydrogens (tertiary/aromatic N) is 1. The number of nitrogens with one attached hydrogen (secondary N) is 1. The van der Waals surface area contributed by atoms with Crippen LogP contribution in [0.4, 0.5) is 5.69 Å². The van der Waals surface area contributed by atoms with Crippen LogP contribution in [0.3, 0.4) is 0 Å². The zero-order valence-electron chi connectivity index (χ0n) is 17.6. The summed E-state index contributed by atoms with van der Waals surface area (Å²) in [4.78, 5) is 13.9. The summed E-state index contributed by atoms with van der Waals surface area (Å²) >= 11 is 1.64. The van der Waals surface area contributed by atoms with Gasteiger partial charge in [-0.15, -0.1) is 11.8 Å². The minimum absolute atomic E-state index is 0.154. The molecule has 5 nitrogen and oxygen atoms in total. The number of rotatable bonds is 9. The first-order valence-corrected chi connectivity index (χ1v) is 12.4. The maximum atomic E-state index is 13.3. The third-order valence-electron chi connectivity index (χ3n) is 4.72. The highest BCUT2D eigenvalue weighted by atomic mass is 32.2. The molecule has 0 unspecified atom stereocenters. The van der Waals surface area contributed by atoms with Crippen molar-refractivity contribution in [2.45, 2.75) is 23.6 Å². The molecule has 0 atom stereocenters. The molecule has 1 amide bonds. The molecule has 0 aliphatic rings. The number of amides is 1. The Morgan fingerprint density at radius 2 is 1.55 bits per heavy atom. The lowest BCUT2D eigenvalue weighted by Gasteiger charge is -2.25. The number of para-hydroxylation sites is 1. The van der Waals surface area contributed by atoms with E-state index in [1.807, 2.05) is 38.1 Å². The number of thioether (sulfide) groups is 1. The number of carbonyl (C=O) groups excluding carboxylic acids is 1. The average molecular weight is 455 g/mol. The van der Waals surface area contributed by atoms with Gasteiger partial charge in [0.05, 0.1) is 10.6 Å². The van der Waals surface area contributed by atoms with Crippen molar-refractivity contribution in [3.05, 3.63) is 90.0 Å². The summed E-state index contributed by atoms with van der Waals surface area (Å²) in [5, 5.41) is 2.84. The van der Waals surface area contributed by atoms with Gasteiger partial charge in [-0.1, -0.05) is 54.1 Å². The van der Waals surface area contributed by atoms with E-state index in [9.17, 15) is 13.2 Å². The smallest absolute Gasteiger partial charge is 0.264 e. The molecule has 3 aromatic rings. The first-order chi connectivity index (χ1) is 14.9. The molecule has 3 aromatic carbocycles. The molecule has 0 spiro atoms. The van der Waals surface area contributed by atoms with Crippen LogP contribution in [0.25, 0.3) is 0 Å². The summed E-state index contributed by atoms with van der Waals surface area (Å²) in [5.41, 5.74) is 2.48. The van der Waals surface area contributed by atoms with Gasteiger partial charge in [0.25, 0.3) is 10.0 Å². The van der Waals surface area contributed by atoms with Gasteiger partial charge in [0, 0.05) is 17.2 Å². The molecule has 0 bridgehead atoms. The maximum absolute atomic E-state index is 13.3. The van der Waals surface area contributed by atoms with E-state index in [1.54, 1.807) is 42.1 Å². The van der Waals surface area contributed by atoms with Crippen LogP contribution in [0.1, 0.15) is 11.1 Å². The van der Waals surface area contributed by atoms with E-state index < -0.39 is 10.0 Å². The predicted octanol–water partition coefficient (Wildman–Crippen LogP) is 4.41. The first kappa shape index (κ1) is 22.9. The largest absolute Gasteiger partial charge is 0.354 e. The normalized spacial score (nSPS) is 11.2. The molecule has 3 rings (SSSR count). The van der Waals surface area contributed by atoms with Crippen LogP contribution in [-0.4, -0.2) is 33.2 Å². The van der Waals surface area contributed by atoms with E-state index in [0.717, 1.165) is 10.5 Å². The molecule has 31 heavy (non-hydrogen) atoms. The van der Waals surface area contributed by atoms with Crippen LogP contribution in [0.2, 0.25) is 0 Å². The lowest BCUT2D eigenvalue weighted by molar-refractivity contribution is -0.119. The Morgan fingerprint density at radius 1 is 0.903 bits per heavy atom. The zero-order chi connectivity index (χ0) is 22.3. The molecular formula is C24H26N2O3S2. The summed E-state index contributed by atoms with van der Waals surface area (Å²) in [5.74, 6) is 0.359. The van der Waals surface area contributed by atoms with E-state index in [2.05, 4.69) is 17.4 Å². The molecule has 0 radical (unpaired) electrons. The molecule has 0 fully saturated rings. The predicted molar refractivity (Wildman–Crippen MR) is 127 cm³/mol. The topological polar surface area (TPSA) is 66.5 Å². The number of sulfonamides is 1. The highest BCUT2D eigenvalue weighted by Gasteiger charge is 2.27. The highest BCUT2D eigenvalue weighted by molar-refractivity contribution is 7.99. The number of hydrogen-bond acceptors (Lipinski definition) is 4. The molecule has 7 heteroatoms. The minimum Gasteiger partial charge on any atom is -0.354 e. The Labute approximate surface area is 188 Å². The fourth-order valence-electron chi connectivity index (χ4n) is 3.04. The van der Waals surface area contributed by atoms with Gasteiger partial charge in [-0.3, -0.25) is 9.10 Å². The van der Waals surface area contributed by atoms with Gasteiger partial charge in [-0.05, 0) is 49.7 Å². The molecule has 0 aliphatic heterocycles. The maximum Gasteiger partial charge on any atom is 0.264 e. The van der Waals surface area contributed by atoms with Crippen molar-refractivity contribution in [2.75, 3.05) is 23.1 Å². The van der Waals surface area contributed by atoms with Gasteiger partial charge < -0.3 is 5.32 Å². The van der Waals surface area contributed by atoms with Gasteiger partial charge in [-0.25, -0.2) is 8.42 Å². The number of benzene rings is 3. The molecule has 162 valence electrons. The molecule has 0 aromatic heterocycles. The van der Waals surface area contributed by atoms with E-state index in [0.29, 0.717) is 18.0 Å². The van der Waals surface area contributed by atoms with Crippen LogP contribution in [-0.2, 0) is 14.8 Å². The van der Waals surface area contributed by atoms with Crippen LogP contribution < -0.4 is 9.62 Å². The molecule has 0 heterocycles. The summed E-state index contributed by atoms with van der Waals surface area (Å²) in [6.07, 6.45) is 0. The van der Waals surface area contributed by atoms with Gasteiger partial charge in [0.1, 0.15) is 6.54 Å². The Morgan fingerprint density at radius 3 is 2.23 bits per heavy atom. The van der Waals surface area contributed by atoms with Gasteiger partial charge in [0.15, 0.2) is 0 Å². The van der Waals surface area contributed by atoms with Gasteiger partial charge in [0.2, 0.25) is 5.91 Å². The molecular weight excluding hydrogens is 428 g/mol. The molecule has 0 aliphatic carbocycles. The van der Waals surface area contributed by atoms with E-state index >= 15 is 0 Å². The van der Waals surface area contributed by atoms with Crippen molar-refractivity contribution in [3.8, 4) is 0 Å². The van der Waals surface area contributed by atoms with Crippen LogP contribution in [0.15, 0.2) is 88.7 Å². The minimum atomic E-state index is -3.88. The monoisotopic (exact) mass is 454 g/mol. The lowest BCUT2D eigenvalue weighted by Crippen LogP contribution is -2.41. The quantitative estimate of drug-likeness (QED) is 0.384. The Kier molecular flexibility index (Phi) is 7.76. The van der Waals surface area contributed by atoms with Crippen molar-refractivity contribution >= 4 is 33.4 Å². The average Bonchev–Trinajstić information content (AvgIpc) is 2.77. The summed E-state index contributed by atoms with van der Waals surface area (Å²) in [6, 6.07) is 23.5. The Balaban J connectivity index is 1.69. The summed E-state index contributed by atoms with van der Waals surface area (Å²) in [7, 11) is -3.88. The van der Waals surface area contributed by atoms with Gasteiger partial charge in [-0.2, -0.15) is 0 Å². The first-order valence-electron chi connectivity index (χ1n) is 9.97. The SMILES string of the molecule is Cc1ccc(SCCNC(=O)CN(c2ccccc2C)S(=O)(=O)c2ccccc2)cc1. The standard InChI is InChI=1S/C24H26N2O3S2/c1-19-12-14-21(15-13-19)30-17-16-25-24(27)18-26(23-11-7-6-8-20(23)2)31(28,29)22-9-4-3-5-10-22/h3-15H,16-18H2,1-2H3,(H,25,27). The third kappa shape index (κ3) is 6.12. The highest BCUT2D eigenvalue weighted by Crippen LogP contribution is 2.26. The van der Waals surface area contributed by atoms with Crippen molar-refractivity contribution in [2.24, 2.45) is 0 Å². The molecule has 1 N–H and O–H groups in total. The van der Waals surface area contributed by atoms with Crippen LogP contribution >= 0.6 is 11.8 Å². The van der Waals surface area contributed by atoms with Crippen molar-refractivity contribution in [1.29, 1.82) is 0 Å². The fourth-order valence-corrected chi connectivity index (χ4v) is 5.32. The van der Waals surface area contributed by atoms with Crippen molar-refractivity contribution in [3.63, 3.8) is 0 Å². The third-order valence-corrected chi connectivity index (χ3v) is 7.50. The second-order valence-electron chi connectivity index (χ2n) is 7.12. The van der Waals surface area contributed by atoms with Crippen molar-refractivity contribution < 1.29 is 13.2 Å². The van der Waals surface area contributed by atoms with E-state index in [4.69, 9.17) is 0 Å². The summed E-state index contributed by atoms with van der Waals surface area (Å²) in [6.45, 7) is 4.04. The van der Waals surface area contributed by atoms with Crippen molar-refractivity contribution in [1.82, 2.24) is 5.32 Å². The second kappa shape index (κ2) is 10.5. The lowest BCUT2D eigenvalue weighted by atomic mass is 10.2. The molecule has 0 saturated carbocycles. The Bertz CT molecular complexity index is 1120.